The van der Waals surface area contributed by atoms with E-state index in [0.29, 0.717) is 12.3 Å². The van der Waals surface area contributed by atoms with Crippen LogP contribution in [0.1, 0.15) is 18.4 Å². The minimum Gasteiger partial charge on any atom is -0.331 e. The molecule has 22 heavy (non-hydrogen) atoms. The first-order valence-corrected chi connectivity index (χ1v) is 8.45. The summed E-state index contributed by atoms with van der Waals surface area (Å²) in [6, 6.07) is 21.2. The molecule has 2 aromatic carbocycles. The minimum absolute atomic E-state index is 0.265. The van der Waals surface area contributed by atoms with Crippen molar-refractivity contribution >= 4 is 23.2 Å². The van der Waals surface area contributed by atoms with Gasteiger partial charge in [0, 0.05) is 16.2 Å². The Kier molecular flexibility index (Phi) is 3.51. The molecule has 2 aliphatic rings. The summed E-state index contributed by atoms with van der Waals surface area (Å²) in [6.07, 6.45) is 1.63. The van der Waals surface area contributed by atoms with Crippen LogP contribution in [0.15, 0.2) is 70.5 Å². The van der Waals surface area contributed by atoms with Crippen LogP contribution in [0.4, 0.5) is 0 Å². The number of rotatable bonds is 3. The maximum atomic E-state index is 12.1. The van der Waals surface area contributed by atoms with Crippen LogP contribution in [0.3, 0.4) is 0 Å². The molecule has 0 radical (unpaired) electrons. The number of nitrogens with zero attached hydrogens (tertiary/aromatic N) is 1. The Hall–Kier alpha value is -2.00. The lowest BCUT2D eigenvalue weighted by Crippen LogP contribution is -2.29. The summed E-state index contributed by atoms with van der Waals surface area (Å²) in [5.74, 6) is 0.294. The molecule has 2 nitrogen and oxygen atoms in total. The molecule has 2 aromatic rings. The zero-order valence-corrected chi connectivity index (χ0v) is 13.1. The lowest BCUT2D eigenvalue weighted by molar-refractivity contribution is -0.127. The normalized spacial score (nSPS) is 20.6. The molecular formula is C19H17NOS. The SMILES string of the molecule is O=C1CCC2C(c3ccccc3)=C(Sc3ccccc3)CN12. The van der Waals surface area contributed by atoms with E-state index in [9.17, 15) is 4.79 Å². The van der Waals surface area contributed by atoms with Crippen molar-refractivity contribution in [2.75, 3.05) is 6.54 Å². The second-order valence-electron chi connectivity index (χ2n) is 5.69. The van der Waals surface area contributed by atoms with E-state index >= 15 is 0 Å². The van der Waals surface area contributed by atoms with Crippen molar-refractivity contribution in [3.63, 3.8) is 0 Å². The van der Waals surface area contributed by atoms with Gasteiger partial charge in [-0.15, -0.1) is 0 Å². The summed E-state index contributed by atoms with van der Waals surface area (Å²) in [7, 11) is 0. The maximum Gasteiger partial charge on any atom is 0.223 e. The Morgan fingerprint density at radius 3 is 2.36 bits per heavy atom. The molecule has 1 atom stereocenters. The van der Waals surface area contributed by atoms with Gasteiger partial charge in [0.15, 0.2) is 0 Å². The van der Waals surface area contributed by atoms with Crippen molar-refractivity contribution in [3.05, 3.63) is 71.1 Å². The van der Waals surface area contributed by atoms with Crippen LogP contribution in [0.25, 0.3) is 5.57 Å². The highest BCUT2D eigenvalue weighted by atomic mass is 32.2. The molecule has 0 aromatic heterocycles. The fourth-order valence-corrected chi connectivity index (χ4v) is 4.49. The number of hydrogen-bond donors (Lipinski definition) is 0. The molecule has 1 saturated heterocycles. The minimum atomic E-state index is 0.265. The van der Waals surface area contributed by atoms with E-state index in [-0.39, 0.29) is 6.04 Å². The van der Waals surface area contributed by atoms with Gasteiger partial charge in [0.25, 0.3) is 0 Å². The number of carbonyl (C=O) groups excluding carboxylic acids is 1. The monoisotopic (exact) mass is 307 g/mol. The molecule has 0 spiro atoms. The molecule has 1 fully saturated rings. The van der Waals surface area contributed by atoms with Gasteiger partial charge >= 0.3 is 0 Å². The van der Waals surface area contributed by atoms with Gasteiger partial charge in [0.05, 0.1) is 12.6 Å². The van der Waals surface area contributed by atoms with Crippen LogP contribution in [0, 0.1) is 0 Å². The first-order valence-electron chi connectivity index (χ1n) is 7.64. The summed E-state index contributed by atoms with van der Waals surface area (Å²) >= 11 is 1.80. The first-order chi connectivity index (χ1) is 10.8. The Labute approximate surface area is 134 Å². The average Bonchev–Trinajstić information content (AvgIpc) is 3.09. The molecule has 4 rings (SSSR count). The van der Waals surface area contributed by atoms with Gasteiger partial charge in [-0.3, -0.25) is 4.79 Å². The van der Waals surface area contributed by atoms with Gasteiger partial charge in [0.1, 0.15) is 0 Å². The van der Waals surface area contributed by atoms with Crippen molar-refractivity contribution in [3.8, 4) is 0 Å². The molecule has 110 valence electrons. The maximum absolute atomic E-state index is 12.1. The summed E-state index contributed by atoms with van der Waals surface area (Å²) in [5.41, 5.74) is 2.60. The summed E-state index contributed by atoms with van der Waals surface area (Å²) in [5, 5.41) is 0. The number of amides is 1. The van der Waals surface area contributed by atoms with Gasteiger partial charge in [-0.05, 0) is 29.7 Å². The number of thioether (sulfide) groups is 1. The third kappa shape index (κ3) is 2.35. The van der Waals surface area contributed by atoms with Crippen LogP contribution < -0.4 is 0 Å². The van der Waals surface area contributed by atoms with Crippen LogP contribution in [0.2, 0.25) is 0 Å². The van der Waals surface area contributed by atoms with Crippen molar-refractivity contribution in [2.45, 2.75) is 23.8 Å². The van der Waals surface area contributed by atoms with E-state index in [4.69, 9.17) is 0 Å². The molecule has 3 heteroatoms. The number of carbonyl (C=O) groups is 1. The van der Waals surface area contributed by atoms with Crippen molar-refractivity contribution in [2.24, 2.45) is 0 Å². The van der Waals surface area contributed by atoms with Crippen molar-refractivity contribution < 1.29 is 4.79 Å². The van der Waals surface area contributed by atoms with E-state index in [1.165, 1.54) is 20.9 Å². The second kappa shape index (κ2) is 5.65. The predicted molar refractivity (Wildman–Crippen MR) is 90.4 cm³/mol. The van der Waals surface area contributed by atoms with E-state index in [2.05, 4.69) is 48.5 Å². The molecule has 0 bridgehead atoms. The lowest BCUT2D eigenvalue weighted by Gasteiger charge is -2.18. The van der Waals surface area contributed by atoms with Gasteiger partial charge < -0.3 is 4.90 Å². The third-order valence-electron chi connectivity index (χ3n) is 4.34. The molecule has 0 aliphatic carbocycles. The highest BCUT2D eigenvalue weighted by Gasteiger charge is 2.40. The van der Waals surface area contributed by atoms with Crippen LogP contribution in [-0.2, 0) is 4.79 Å². The third-order valence-corrected chi connectivity index (χ3v) is 5.45. The van der Waals surface area contributed by atoms with Crippen molar-refractivity contribution in [1.29, 1.82) is 0 Å². The quantitative estimate of drug-likeness (QED) is 0.847. The number of hydrogen-bond acceptors (Lipinski definition) is 2. The summed E-state index contributed by atoms with van der Waals surface area (Å²) < 4.78 is 0. The molecular weight excluding hydrogens is 290 g/mol. The largest absolute Gasteiger partial charge is 0.331 e. The smallest absolute Gasteiger partial charge is 0.223 e. The Bertz CT molecular complexity index is 724. The second-order valence-corrected chi connectivity index (χ2v) is 6.86. The topological polar surface area (TPSA) is 20.3 Å². The standard InChI is InChI=1S/C19H17NOS/c21-18-12-11-16-19(14-7-3-1-4-8-14)17(13-20(16)18)22-15-9-5-2-6-10-15/h1-10,16H,11-13H2. The molecule has 0 saturated carbocycles. The number of benzene rings is 2. The fourth-order valence-electron chi connectivity index (χ4n) is 3.35. The first kappa shape index (κ1) is 13.6. The van der Waals surface area contributed by atoms with Crippen LogP contribution in [-0.4, -0.2) is 23.4 Å². The van der Waals surface area contributed by atoms with E-state index < -0.39 is 0 Å². The zero-order valence-electron chi connectivity index (χ0n) is 12.2. The lowest BCUT2D eigenvalue weighted by atomic mass is 9.99. The highest BCUT2D eigenvalue weighted by molar-refractivity contribution is 8.03. The van der Waals surface area contributed by atoms with E-state index in [1.54, 1.807) is 11.8 Å². The number of fused-ring (bicyclic) bond motifs is 1. The molecule has 2 heterocycles. The Morgan fingerprint density at radius 2 is 1.64 bits per heavy atom. The molecule has 2 aliphatic heterocycles. The zero-order chi connectivity index (χ0) is 14.9. The van der Waals surface area contributed by atoms with Gasteiger partial charge in [0.2, 0.25) is 5.91 Å². The van der Waals surface area contributed by atoms with Crippen molar-refractivity contribution in [1.82, 2.24) is 4.90 Å². The Balaban J connectivity index is 1.75. The molecule has 1 unspecified atom stereocenters. The van der Waals surface area contributed by atoms with E-state index in [0.717, 1.165) is 13.0 Å². The average molecular weight is 307 g/mol. The summed E-state index contributed by atoms with van der Waals surface area (Å²) in [4.78, 5) is 16.7. The van der Waals surface area contributed by atoms with Crippen LogP contribution >= 0.6 is 11.8 Å². The molecule has 0 N–H and O–H groups in total. The van der Waals surface area contributed by atoms with Gasteiger partial charge in [-0.1, -0.05) is 60.3 Å². The highest BCUT2D eigenvalue weighted by Crippen LogP contribution is 2.45. The Morgan fingerprint density at radius 1 is 0.955 bits per heavy atom. The van der Waals surface area contributed by atoms with Gasteiger partial charge in [-0.25, -0.2) is 0 Å². The summed E-state index contributed by atoms with van der Waals surface area (Å²) in [6.45, 7) is 0.757. The van der Waals surface area contributed by atoms with E-state index in [1.807, 2.05) is 17.0 Å². The van der Waals surface area contributed by atoms with Gasteiger partial charge in [-0.2, -0.15) is 0 Å². The molecule has 1 amide bonds. The van der Waals surface area contributed by atoms with Crippen LogP contribution in [0.5, 0.6) is 0 Å². The fraction of sp³-hybridized carbons (Fsp3) is 0.211. The predicted octanol–water partition coefficient (Wildman–Crippen LogP) is 4.19.